The van der Waals surface area contributed by atoms with Crippen LogP contribution >= 0.6 is 11.8 Å². The minimum Gasteiger partial charge on any atom is -0.468 e. The summed E-state index contributed by atoms with van der Waals surface area (Å²) in [5.74, 6) is -1.44. The topological polar surface area (TPSA) is 96.0 Å². The van der Waals surface area contributed by atoms with E-state index in [2.05, 4.69) is 4.74 Å². The minimum atomic E-state index is -0.548. The molecule has 7 nitrogen and oxygen atoms in total. The highest BCUT2D eigenvalue weighted by molar-refractivity contribution is 8.14. The fourth-order valence-electron chi connectivity index (χ4n) is 1.41. The Morgan fingerprint density at radius 2 is 1.38 bits per heavy atom. The van der Waals surface area contributed by atoms with E-state index in [0.29, 0.717) is 6.42 Å². The molecule has 0 aliphatic rings. The molecule has 0 aromatic carbocycles. The first-order valence-electron chi connectivity index (χ1n) is 7.68. The Kier molecular flexibility index (Phi) is 11.1. The van der Waals surface area contributed by atoms with E-state index in [9.17, 15) is 19.2 Å². The van der Waals surface area contributed by atoms with E-state index >= 15 is 0 Å². The molecule has 0 atom stereocenters. The molecular formula is C16H26O7S. The summed E-state index contributed by atoms with van der Waals surface area (Å²) in [5.41, 5.74) is 0.0594. The first kappa shape index (κ1) is 22.4. The lowest BCUT2D eigenvalue weighted by Gasteiger charge is -2.16. The molecule has 0 aromatic heterocycles. The van der Waals surface area contributed by atoms with Crippen molar-refractivity contribution in [2.24, 2.45) is 5.41 Å². The van der Waals surface area contributed by atoms with E-state index < -0.39 is 11.9 Å². The summed E-state index contributed by atoms with van der Waals surface area (Å²) in [6.07, 6.45) is 0.942. The van der Waals surface area contributed by atoms with Gasteiger partial charge in [0.05, 0.1) is 19.3 Å². The average Bonchev–Trinajstić information content (AvgIpc) is 2.51. The fourth-order valence-corrected chi connectivity index (χ4v) is 2.05. The third-order valence-electron chi connectivity index (χ3n) is 2.80. The molecule has 0 bridgehead atoms. The highest BCUT2D eigenvalue weighted by Gasteiger charge is 2.14. The molecule has 0 radical (unpaired) electrons. The van der Waals surface area contributed by atoms with Crippen molar-refractivity contribution in [1.82, 2.24) is 0 Å². The quantitative estimate of drug-likeness (QED) is 0.331. The normalized spacial score (nSPS) is 10.8. The van der Waals surface area contributed by atoms with Crippen molar-refractivity contribution in [3.05, 3.63) is 0 Å². The van der Waals surface area contributed by atoms with Crippen LogP contribution < -0.4 is 0 Å². The molecule has 0 saturated heterocycles. The lowest BCUT2D eigenvalue weighted by atomic mass is 9.91. The Balaban J connectivity index is 3.67. The molecule has 0 N–H and O–H groups in total. The molecule has 0 aromatic rings. The smallest absolute Gasteiger partial charge is 0.316 e. The largest absolute Gasteiger partial charge is 0.468 e. The van der Waals surface area contributed by atoms with E-state index in [4.69, 9.17) is 9.47 Å². The highest BCUT2D eigenvalue weighted by atomic mass is 32.2. The second kappa shape index (κ2) is 11.9. The Labute approximate surface area is 146 Å². The van der Waals surface area contributed by atoms with Crippen molar-refractivity contribution in [2.45, 2.75) is 46.5 Å². The van der Waals surface area contributed by atoms with Crippen LogP contribution in [0.2, 0.25) is 0 Å². The van der Waals surface area contributed by atoms with Crippen LogP contribution in [0.1, 0.15) is 46.5 Å². The molecule has 0 amide bonds. The molecule has 0 unspecified atom stereocenters. The Morgan fingerprint density at radius 3 is 1.88 bits per heavy atom. The van der Waals surface area contributed by atoms with Crippen LogP contribution in [0.3, 0.4) is 0 Å². The summed E-state index contributed by atoms with van der Waals surface area (Å²) < 4.78 is 14.2. The zero-order valence-electron chi connectivity index (χ0n) is 14.7. The lowest BCUT2D eigenvalue weighted by molar-refractivity contribution is -0.152. The van der Waals surface area contributed by atoms with Crippen LogP contribution in [-0.4, -0.2) is 49.1 Å². The maximum Gasteiger partial charge on any atom is 0.316 e. The predicted molar refractivity (Wildman–Crippen MR) is 89.3 cm³/mol. The Morgan fingerprint density at radius 1 is 0.833 bits per heavy atom. The average molecular weight is 362 g/mol. The van der Waals surface area contributed by atoms with Crippen LogP contribution in [0.4, 0.5) is 0 Å². The van der Waals surface area contributed by atoms with Crippen LogP contribution in [0.25, 0.3) is 0 Å². The number of carbonyl (C=O) groups excluding carboxylic acids is 4. The first-order valence-corrected chi connectivity index (χ1v) is 8.66. The Bertz CT molecular complexity index is 440. The zero-order chi connectivity index (χ0) is 18.6. The molecule has 0 aliphatic heterocycles. The van der Waals surface area contributed by atoms with Crippen molar-refractivity contribution in [3.63, 3.8) is 0 Å². The number of hydrogen-bond donors (Lipinski definition) is 0. The van der Waals surface area contributed by atoms with Crippen LogP contribution in [0.15, 0.2) is 0 Å². The minimum absolute atomic E-state index is 0.000245. The van der Waals surface area contributed by atoms with Crippen LogP contribution in [0, 0.1) is 5.41 Å². The second-order valence-corrected chi connectivity index (χ2v) is 7.27. The van der Waals surface area contributed by atoms with Gasteiger partial charge in [-0.25, -0.2) is 0 Å². The number of esters is 3. The van der Waals surface area contributed by atoms with Crippen molar-refractivity contribution in [3.8, 4) is 0 Å². The second-order valence-electron chi connectivity index (χ2n) is 6.24. The molecule has 0 rings (SSSR count). The third-order valence-corrected chi connectivity index (χ3v) is 3.71. The summed E-state index contributed by atoms with van der Waals surface area (Å²) in [6.45, 7) is 6.07. The zero-order valence-corrected chi connectivity index (χ0v) is 15.5. The molecular weight excluding hydrogens is 336 g/mol. The predicted octanol–water partition coefficient (Wildman–Crippen LogP) is 2.11. The van der Waals surface area contributed by atoms with Gasteiger partial charge in [0.25, 0.3) is 0 Å². The van der Waals surface area contributed by atoms with Crippen LogP contribution in [-0.2, 0) is 33.4 Å². The molecule has 0 heterocycles. The molecule has 0 saturated carbocycles. The van der Waals surface area contributed by atoms with Gasteiger partial charge in [0.2, 0.25) is 0 Å². The summed E-state index contributed by atoms with van der Waals surface area (Å²) in [4.78, 5) is 45.2. The van der Waals surface area contributed by atoms with Gasteiger partial charge in [0.1, 0.15) is 13.2 Å². The number of methoxy groups -OCH3 is 1. The maximum absolute atomic E-state index is 11.5. The van der Waals surface area contributed by atoms with Crippen LogP contribution in [0.5, 0.6) is 0 Å². The lowest BCUT2D eigenvalue weighted by Crippen LogP contribution is -2.16. The van der Waals surface area contributed by atoms with E-state index in [1.165, 1.54) is 7.11 Å². The van der Waals surface area contributed by atoms with Gasteiger partial charge in [-0.3, -0.25) is 19.2 Å². The van der Waals surface area contributed by atoms with Gasteiger partial charge in [0.15, 0.2) is 5.12 Å². The van der Waals surface area contributed by atoms with E-state index in [1.54, 1.807) is 0 Å². The molecule has 8 heteroatoms. The first-order chi connectivity index (χ1) is 11.1. The van der Waals surface area contributed by atoms with Crippen molar-refractivity contribution in [1.29, 1.82) is 0 Å². The van der Waals surface area contributed by atoms with Crippen molar-refractivity contribution >= 4 is 34.8 Å². The summed E-state index contributed by atoms with van der Waals surface area (Å²) in [5, 5.41) is -0.286. The summed E-state index contributed by atoms with van der Waals surface area (Å²) >= 11 is 0.800. The van der Waals surface area contributed by atoms with E-state index in [0.717, 1.165) is 18.2 Å². The van der Waals surface area contributed by atoms with Gasteiger partial charge in [-0.2, -0.15) is 0 Å². The van der Waals surface area contributed by atoms with Crippen molar-refractivity contribution < 1.29 is 33.4 Å². The van der Waals surface area contributed by atoms with E-state index in [-0.39, 0.29) is 48.3 Å². The maximum atomic E-state index is 11.5. The van der Waals surface area contributed by atoms with Gasteiger partial charge < -0.3 is 14.2 Å². The monoisotopic (exact) mass is 362 g/mol. The van der Waals surface area contributed by atoms with Gasteiger partial charge in [-0.05, 0) is 11.8 Å². The van der Waals surface area contributed by atoms with Gasteiger partial charge >= 0.3 is 17.9 Å². The highest BCUT2D eigenvalue weighted by Crippen LogP contribution is 2.20. The number of hydrogen-bond acceptors (Lipinski definition) is 8. The van der Waals surface area contributed by atoms with Gasteiger partial charge in [-0.15, -0.1) is 0 Å². The third kappa shape index (κ3) is 14.0. The molecule has 0 aliphatic carbocycles. The molecule has 138 valence electrons. The molecule has 24 heavy (non-hydrogen) atoms. The standard InChI is InChI=1S/C16H26O7S/c1-16(2,3)8-7-13(18)23-10-9-22-12(17)5-6-15(20)24-11-14(19)21-4/h5-11H2,1-4H3. The molecule has 0 spiro atoms. The Hall–Kier alpha value is -1.57. The van der Waals surface area contributed by atoms with Crippen molar-refractivity contribution in [2.75, 3.05) is 26.1 Å². The SMILES string of the molecule is COC(=O)CSC(=O)CCC(=O)OCCOC(=O)CCC(C)(C)C. The number of rotatable bonds is 10. The van der Waals surface area contributed by atoms with E-state index in [1.807, 2.05) is 20.8 Å². The van der Waals surface area contributed by atoms with Gasteiger partial charge in [-0.1, -0.05) is 32.5 Å². The van der Waals surface area contributed by atoms with Gasteiger partial charge in [0, 0.05) is 12.8 Å². The number of thioether (sulfide) groups is 1. The number of ether oxygens (including phenoxy) is 3. The molecule has 0 fully saturated rings. The summed E-state index contributed by atoms with van der Waals surface area (Å²) in [7, 11) is 1.24. The summed E-state index contributed by atoms with van der Waals surface area (Å²) in [6, 6.07) is 0. The number of carbonyl (C=O) groups is 4. The fraction of sp³-hybridized carbons (Fsp3) is 0.750.